The highest BCUT2D eigenvalue weighted by molar-refractivity contribution is 6.12. The van der Waals surface area contributed by atoms with Crippen LogP contribution < -0.4 is 15.6 Å². The summed E-state index contributed by atoms with van der Waals surface area (Å²) in [7, 11) is 0. The van der Waals surface area contributed by atoms with Crippen LogP contribution in [-0.2, 0) is 53.9 Å². The largest absolute Gasteiger partial charge is 0.458 e. The summed E-state index contributed by atoms with van der Waals surface area (Å²) >= 11 is 0. The van der Waals surface area contributed by atoms with Crippen molar-refractivity contribution in [3.63, 3.8) is 0 Å². The molecule has 3 aromatic rings. The van der Waals surface area contributed by atoms with Crippen LogP contribution in [0.5, 0.6) is 5.75 Å². The Labute approximate surface area is 318 Å². The average molecular weight is 751 g/mol. The number of imide groups is 1. The minimum Gasteiger partial charge on any atom is -0.458 e. The van der Waals surface area contributed by atoms with Crippen molar-refractivity contribution in [2.24, 2.45) is 23.7 Å². The van der Waals surface area contributed by atoms with Gasteiger partial charge in [0.05, 0.1) is 34.9 Å². The molecule has 2 aliphatic carbocycles. The number of aromatic nitrogens is 2. The van der Waals surface area contributed by atoms with Gasteiger partial charge in [-0.2, -0.15) is 0 Å². The summed E-state index contributed by atoms with van der Waals surface area (Å²) < 4.78 is 12.8. The molecule has 1 unspecified atom stereocenters. The molecule has 5 heterocycles. The maximum atomic E-state index is 13.7. The molecule has 5 aliphatic rings. The number of ether oxygens (including phenoxy) is 2. The van der Waals surface area contributed by atoms with Crippen LogP contribution >= 0.6 is 0 Å². The Kier molecular flexibility index (Phi) is 9.69. The van der Waals surface area contributed by atoms with E-state index in [0.29, 0.717) is 61.6 Å². The fourth-order valence-corrected chi connectivity index (χ4v) is 9.28. The summed E-state index contributed by atoms with van der Waals surface area (Å²) in [5.41, 5.74) is 2.08. The van der Waals surface area contributed by atoms with E-state index in [1.165, 1.54) is 17.1 Å². The number of nitrogens with zero attached hydrogens (tertiary/aromatic N) is 3. The van der Waals surface area contributed by atoms with Crippen molar-refractivity contribution in [1.82, 2.24) is 19.8 Å². The number of aryl methyl sites for hydroxylation is 1. The summed E-state index contributed by atoms with van der Waals surface area (Å²) in [5, 5.41) is 15.2. The fraction of sp³-hybridized carbons (Fsp3) is 0.500. The van der Waals surface area contributed by atoms with E-state index in [9.17, 15) is 33.9 Å². The number of benzene rings is 1. The van der Waals surface area contributed by atoms with Gasteiger partial charge in [0.25, 0.3) is 17.4 Å². The van der Waals surface area contributed by atoms with Gasteiger partial charge >= 0.3 is 11.9 Å². The van der Waals surface area contributed by atoms with Crippen molar-refractivity contribution in [1.29, 1.82) is 0 Å². The number of esters is 2. The van der Waals surface area contributed by atoms with Crippen molar-refractivity contribution in [2.75, 3.05) is 13.1 Å². The molecule has 0 bridgehead atoms. The monoisotopic (exact) mass is 750 g/mol. The van der Waals surface area contributed by atoms with E-state index in [2.05, 4.69) is 5.32 Å². The summed E-state index contributed by atoms with van der Waals surface area (Å²) in [6.45, 7) is 4.80. The van der Waals surface area contributed by atoms with Gasteiger partial charge in [-0.3, -0.25) is 28.9 Å². The molecule has 13 heteroatoms. The Hall–Kier alpha value is -5.17. The van der Waals surface area contributed by atoms with E-state index in [-0.39, 0.29) is 77.1 Å². The third-order valence-electron chi connectivity index (χ3n) is 12.7. The molecule has 55 heavy (non-hydrogen) atoms. The molecular formula is C42H46N4O9. The number of hydrogen-bond donors (Lipinski definition) is 2. The van der Waals surface area contributed by atoms with E-state index in [4.69, 9.17) is 14.5 Å². The average Bonchev–Trinajstić information content (AvgIpc) is 3.72. The zero-order valence-electron chi connectivity index (χ0n) is 31.2. The molecule has 1 atom stereocenters. The summed E-state index contributed by atoms with van der Waals surface area (Å²) in [6, 6.07) is 7.10. The van der Waals surface area contributed by atoms with Gasteiger partial charge in [0, 0.05) is 47.7 Å². The standard InChI is InChI=1S/C42H46N4O9/c1-3-28-29-17-27(13-14-33(29)44-37-30(28)21-45-34(37)18-32-31(39(45)50)22-54-41(52)42(32,53)4-2)55-40(51)26-11-5-23(6-12-26)19-43-38(49)25-9-7-24(8-10-25)20-46-35(47)15-16-36(46)48/h13-18,23-26,53H,3-12,19-22H2,1-2H3,(H,43,49). The van der Waals surface area contributed by atoms with Gasteiger partial charge < -0.3 is 24.5 Å². The van der Waals surface area contributed by atoms with Crippen LogP contribution in [0, 0.1) is 23.7 Å². The first-order valence-electron chi connectivity index (χ1n) is 19.6. The van der Waals surface area contributed by atoms with Gasteiger partial charge in [0.2, 0.25) is 5.91 Å². The van der Waals surface area contributed by atoms with E-state index >= 15 is 0 Å². The second-order valence-electron chi connectivity index (χ2n) is 15.8. The summed E-state index contributed by atoms with van der Waals surface area (Å²) in [6.07, 6.45) is 9.40. The third kappa shape index (κ3) is 6.55. The Morgan fingerprint density at radius 3 is 2.31 bits per heavy atom. The lowest BCUT2D eigenvalue weighted by atomic mass is 9.80. The summed E-state index contributed by atoms with van der Waals surface area (Å²) in [5.74, 6) is -0.859. The molecule has 3 aliphatic heterocycles. The molecule has 13 nitrogen and oxygen atoms in total. The fourth-order valence-electron chi connectivity index (χ4n) is 9.28. The lowest BCUT2D eigenvalue weighted by Gasteiger charge is -2.31. The molecule has 3 amide bonds. The minimum atomic E-state index is -1.90. The Morgan fingerprint density at radius 2 is 1.62 bits per heavy atom. The molecule has 2 saturated carbocycles. The molecule has 0 saturated heterocycles. The highest BCUT2D eigenvalue weighted by atomic mass is 16.6. The molecular weight excluding hydrogens is 704 g/mol. The number of carbonyl (C=O) groups is 5. The Morgan fingerprint density at radius 1 is 0.927 bits per heavy atom. The van der Waals surface area contributed by atoms with E-state index in [1.807, 2.05) is 19.1 Å². The quantitative estimate of drug-likeness (QED) is 0.143. The van der Waals surface area contributed by atoms with Crippen LogP contribution in [0.15, 0.2) is 41.2 Å². The third-order valence-corrected chi connectivity index (χ3v) is 12.7. The normalized spacial score (nSPS) is 25.7. The first kappa shape index (κ1) is 36.8. The summed E-state index contributed by atoms with van der Waals surface area (Å²) in [4.78, 5) is 82.6. The molecule has 2 fully saturated rings. The van der Waals surface area contributed by atoms with Gasteiger partial charge in [-0.05, 0) is 106 Å². The first-order valence-corrected chi connectivity index (χ1v) is 19.6. The maximum absolute atomic E-state index is 13.7. The first-order chi connectivity index (χ1) is 26.5. The smallest absolute Gasteiger partial charge is 0.343 e. The van der Waals surface area contributed by atoms with Crippen molar-refractivity contribution in [2.45, 2.75) is 96.8 Å². The van der Waals surface area contributed by atoms with E-state index < -0.39 is 11.6 Å². The van der Waals surface area contributed by atoms with Crippen molar-refractivity contribution in [3.05, 3.63) is 69.0 Å². The van der Waals surface area contributed by atoms with Crippen LogP contribution in [0.2, 0.25) is 0 Å². The van der Waals surface area contributed by atoms with Crippen LogP contribution in [0.4, 0.5) is 0 Å². The maximum Gasteiger partial charge on any atom is 0.343 e. The second kappa shape index (κ2) is 14.5. The van der Waals surface area contributed by atoms with Crippen molar-refractivity contribution >= 4 is 40.6 Å². The molecule has 1 aromatic carbocycles. The molecule has 2 N–H and O–H groups in total. The SMILES string of the molecule is CCc1c2c(nc3ccc(OC(=O)C4CCC(CNC(=O)C5CCC(CN6C(=O)C=CC6=O)CC5)CC4)cc13)-c1cc3c(c(=O)n1C2)COC(=O)C3(O)CC. The van der Waals surface area contributed by atoms with Crippen molar-refractivity contribution < 1.29 is 38.6 Å². The minimum absolute atomic E-state index is 0.0580. The van der Waals surface area contributed by atoms with Gasteiger partial charge in [-0.1, -0.05) is 13.8 Å². The molecule has 0 spiro atoms. The number of nitrogens with one attached hydrogen (secondary N) is 1. The zero-order chi connectivity index (χ0) is 38.6. The Balaban J connectivity index is 0.869. The molecule has 2 aromatic heterocycles. The molecule has 288 valence electrons. The van der Waals surface area contributed by atoms with Gasteiger partial charge in [0.15, 0.2) is 5.60 Å². The predicted octanol–water partition coefficient (Wildman–Crippen LogP) is 4.20. The topological polar surface area (TPSA) is 174 Å². The van der Waals surface area contributed by atoms with Crippen LogP contribution in [0.3, 0.4) is 0 Å². The van der Waals surface area contributed by atoms with Gasteiger partial charge in [-0.25, -0.2) is 9.78 Å². The van der Waals surface area contributed by atoms with Gasteiger partial charge in [-0.15, -0.1) is 0 Å². The number of amides is 3. The number of pyridine rings is 2. The number of aliphatic hydroxyl groups is 1. The highest BCUT2D eigenvalue weighted by Crippen LogP contribution is 2.41. The number of rotatable bonds is 9. The lowest BCUT2D eigenvalue weighted by molar-refractivity contribution is -0.172. The lowest BCUT2D eigenvalue weighted by Crippen LogP contribution is -2.44. The molecule has 8 rings (SSSR count). The number of carbonyl (C=O) groups excluding carboxylic acids is 5. The van der Waals surface area contributed by atoms with Gasteiger partial charge in [0.1, 0.15) is 12.4 Å². The van der Waals surface area contributed by atoms with Crippen LogP contribution in [-0.4, -0.2) is 62.3 Å². The van der Waals surface area contributed by atoms with E-state index in [0.717, 1.165) is 55.0 Å². The number of fused-ring (bicyclic) bond motifs is 5. The van der Waals surface area contributed by atoms with E-state index in [1.54, 1.807) is 23.6 Å². The van der Waals surface area contributed by atoms with Crippen molar-refractivity contribution in [3.8, 4) is 17.1 Å². The zero-order valence-corrected chi connectivity index (χ0v) is 31.2. The number of hydrogen-bond acceptors (Lipinski definition) is 10. The predicted molar refractivity (Wildman–Crippen MR) is 199 cm³/mol. The van der Waals surface area contributed by atoms with Crippen LogP contribution in [0.1, 0.15) is 93.9 Å². The molecule has 0 radical (unpaired) electrons. The second-order valence-corrected chi connectivity index (χ2v) is 15.8. The number of cyclic esters (lactones) is 1. The van der Waals surface area contributed by atoms with Crippen LogP contribution in [0.25, 0.3) is 22.3 Å². The Bertz CT molecular complexity index is 2190. The highest BCUT2D eigenvalue weighted by Gasteiger charge is 2.45.